The Morgan fingerprint density at radius 1 is 0.978 bits per heavy atom. The summed E-state index contributed by atoms with van der Waals surface area (Å²) in [6.07, 6.45) is 8.72. The van der Waals surface area contributed by atoms with Gasteiger partial charge in [-0.1, -0.05) is 6.07 Å². The number of rotatable bonds is 8. The lowest BCUT2D eigenvalue weighted by Crippen LogP contribution is -2.58. The first-order chi connectivity index (χ1) is 22.6. The van der Waals surface area contributed by atoms with Crippen LogP contribution < -0.4 is 19.7 Å². The zero-order valence-electron chi connectivity index (χ0n) is 27.1. The van der Waals surface area contributed by atoms with Crippen LogP contribution in [0.3, 0.4) is 0 Å². The lowest BCUT2D eigenvalue weighted by Gasteiger charge is -2.48. The van der Waals surface area contributed by atoms with E-state index in [1.165, 1.54) is 42.4 Å². The molecule has 2 aromatic heterocycles. The highest BCUT2D eigenvalue weighted by atomic mass is 16.5. The number of hydrogen-bond acceptors (Lipinski definition) is 9. The topological polar surface area (TPSA) is 101 Å². The van der Waals surface area contributed by atoms with E-state index in [1.807, 2.05) is 6.20 Å². The molecule has 4 saturated heterocycles. The third-order valence-corrected chi connectivity index (χ3v) is 11.3. The molecule has 1 aliphatic carbocycles. The number of aromatic nitrogens is 4. The number of aromatic amines is 1. The van der Waals surface area contributed by atoms with Gasteiger partial charge >= 0.3 is 6.01 Å². The molecule has 2 aromatic carbocycles. The number of benzene rings is 2. The number of nitrogens with one attached hydrogen (secondary N) is 2. The second-order valence-corrected chi connectivity index (χ2v) is 14.3. The van der Waals surface area contributed by atoms with Gasteiger partial charge in [0.25, 0.3) is 0 Å². The molecule has 5 aliphatic rings. The zero-order valence-corrected chi connectivity index (χ0v) is 27.1. The van der Waals surface area contributed by atoms with Crippen LogP contribution in [-0.2, 0) is 4.74 Å². The van der Waals surface area contributed by atoms with Crippen molar-refractivity contribution in [2.45, 2.75) is 70.4 Å². The molecule has 0 radical (unpaired) electrons. The Morgan fingerprint density at radius 3 is 2.46 bits per heavy atom. The molecule has 46 heavy (non-hydrogen) atoms. The highest BCUT2D eigenvalue weighted by Gasteiger charge is 2.41. The van der Waals surface area contributed by atoms with Crippen LogP contribution >= 0.6 is 0 Å². The van der Waals surface area contributed by atoms with E-state index in [9.17, 15) is 0 Å². The minimum absolute atomic E-state index is 0.0934. The van der Waals surface area contributed by atoms with E-state index in [-0.39, 0.29) is 6.10 Å². The largest absolute Gasteiger partial charge is 0.491 e. The number of likely N-dealkylation sites (tertiary alicyclic amines) is 1. The predicted octanol–water partition coefficient (Wildman–Crippen LogP) is 5.19. The maximum Gasteiger partial charge on any atom is 0.319 e. The molecule has 4 aromatic rings. The quantitative estimate of drug-likeness (QED) is 0.275. The molecule has 4 aliphatic heterocycles. The van der Waals surface area contributed by atoms with Gasteiger partial charge in [-0.3, -0.25) is 10.00 Å². The number of H-pyrrole nitrogens is 1. The highest BCUT2D eigenvalue weighted by molar-refractivity contribution is 6.06. The second-order valence-electron chi connectivity index (χ2n) is 14.3. The van der Waals surface area contributed by atoms with Crippen LogP contribution in [0.1, 0.15) is 62.5 Å². The van der Waals surface area contributed by atoms with Gasteiger partial charge in [-0.15, -0.1) is 0 Å². The zero-order chi connectivity index (χ0) is 30.8. The van der Waals surface area contributed by atoms with Crippen molar-refractivity contribution >= 4 is 27.6 Å². The molecule has 1 spiro atoms. The SMILES string of the molecule is CCOc1c(-c2c(C)ccc3[nH]ncc23)c(C2CC2)cc2c(N3CCC4(CC3)CNC4)nc(OC3CCN(C4COC4)CC3)nc12. The summed E-state index contributed by atoms with van der Waals surface area (Å²) in [6.45, 7) is 12.8. The Morgan fingerprint density at radius 2 is 1.78 bits per heavy atom. The number of nitrogens with zero attached hydrogens (tertiary/aromatic N) is 5. The van der Waals surface area contributed by atoms with E-state index < -0.39 is 0 Å². The van der Waals surface area contributed by atoms with Gasteiger partial charge in [-0.2, -0.15) is 15.1 Å². The van der Waals surface area contributed by atoms with Crippen molar-refractivity contribution in [3.05, 3.63) is 35.5 Å². The summed E-state index contributed by atoms with van der Waals surface area (Å²) in [5.41, 5.74) is 7.23. The van der Waals surface area contributed by atoms with E-state index in [0.717, 1.165) is 104 Å². The molecule has 6 heterocycles. The summed E-state index contributed by atoms with van der Waals surface area (Å²) >= 11 is 0. The van der Waals surface area contributed by atoms with E-state index in [1.54, 1.807) is 0 Å². The Hall–Kier alpha value is -3.47. The average Bonchev–Trinajstić information content (AvgIpc) is 3.77. The van der Waals surface area contributed by atoms with Gasteiger partial charge in [0.05, 0.1) is 37.6 Å². The molecule has 242 valence electrons. The van der Waals surface area contributed by atoms with Crippen molar-refractivity contribution in [2.24, 2.45) is 5.41 Å². The van der Waals surface area contributed by atoms with Crippen molar-refractivity contribution in [1.82, 2.24) is 30.4 Å². The van der Waals surface area contributed by atoms with Crippen molar-refractivity contribution in [3.8, 4) is 22.9 Å². The van der Waals surface area contributed by atoms with Gasteiger partial charge in [0, 0.05) is 55.6 Å². The minimum atomic E-state index is 0.0934. The first-order valence-electron chi connectivity index (χ1n) is 17.5. The fraction of sp³-hybridized carbons (Fsp3) is 0.583. The van der Waals surface area contributed by atoms with E-state index in [2.05, 4.69) is 57.4 Å². The minimum Gasteiger partial charge on any atom is -0.491 e. The molecule has 2 N–H and O–H groups in total. The maximum absolute atomic E-state index is 6.71. The Bertz CT molecular complexity index is 1760. The number of piperidine rings is 2. The summed E-state index contributed by atoms with van der Waals surface area (Å²) in [7, 11) is 0. The predicted molar refractivity (Wildman–Crippen MR) is 179 cm³/mol. The monoisotopic (exact) mass is 623 g/mol. The van der Waals surface area contributed by atoms with Gasteiger partial charge in [0.1, 0.15) is 17.4 Å². The summed E-state index contributed by atoms with van der Waals surface area (Å²) in [5.74, 6) is 2.35. The van der Waals surface area contributed by atoms with Crippen LogP contribution in [0.5, 0.6) is 11.8 Å². The third-order valence-electron chi connectivity index (χ3n) is 11.3. The Kier molecular flexibility index (Phi) is 7.09. The van der Waals surface area contributed by atoms with Crippen molar-refractivity contribution in [3.63, 3.8) is 0 Å². The molecule has 10 heteroatoms. The van der Waals surface area contributed by atoms with E-state index in [0.29, 0.717) is 30.0 Å². The Balaban J connectivity index is 1.18. The van der Waals surface area contributed by atoms with Gasteiger partial charge in [-0.05, 0) is 92.5 Å². The van der Waals surface area contributed by atoms with Crippen LogP contribution in [0.25, 0.3) is 32.9 Å². The fourth-order valence-electron chi connectivity index (χ4n) is 8.20. The second kappa shape index (κ2) is 11.3. The summed E-state index contributed by atoms with van der Waals surface area (Å²) in [4.78, 5) is 15.5. The molecule has 1 saturated carbocycles. The molecule has 10 nitrogen and oxygen atoms in total. The molecular weight excluding hydrogens is 578 g/mol. The number of ether oxygens (including phenoxy) is 3. The number of hydrogen-bond donors (Lipinski definition) is 2. The number of aryl methyl sites for hydroxylation is 1. The van der Waals surface area contributed by atoms with Gasteiger partial charge in [-0.25, -0.2) is 0 Å². The van der Waals surface area contributed by atoms with E-state index >= 15 is 0 Å². The van der Waals surface area contributed by atoms with Gasteiger partial charge in [0.2, 0.25) is 0 Å². The summed E-state index contributed by atoms with van der Waals surface area (Å²) < 4.78 is 18.9. The lowest BCUT2D eigenvalue weighted by atomic mass is 9.73. The van der Waals surface area contributed by atoms with Crippen molar-refractivity contribution in [2.75, 3.05) is 64.0 Å². The van der Waals surface area contributed by atoms with E-state index in [4.69, 9.17) is 24.2 Å². The number of fused-ring (bicyclic) bond motifs is 2. The molecule has 9 rings (SSSR count). The molecule has 0 amide bonds. The van der Waals surface area contributed by atoms with Gasteiger partial charge in [0.15, 0.2) is 5.75 Å². The van der Waals surface area contributed by atoms with Crippen LogP contribution in [0.2, 0.25) is 0 Å². The molecule has 0 atom stereocenters. The third kappa shape index (κ3) is 4.91. The first kappa shape index (κ1) is 28.7. The van der Waals surface area contributed by atoms with Crippen molar-refractivity contribution < 1.29 is 14.2 Å². The van der Waals surface area contributed by atoms with Crippen LogP contribution in [0, 0.1) is 12.3 Å². The molecule has 0 bridgehead atoms. The summed E-state index contributed by atoms with van der Waals surface area (Å²) in [6, 6.07) is 7.75. The standard InChI is InChI=1S/C36H45N7O3/c1-3-45-33-31(30-22(2)4-7-29-28(30)17-38-41-29)26(23-5-6-23)16-27-32(33)39-35(46-25-8-12-42(13-9-25)24-18-44-19-24)40-34(27)43-14-10-36(11-15-43)20-37-21-36/h4,7,16-17,23-25,37H,3,5-6,8-15,18-21H2,1-2H3,(H,38,41). The lowest BCUT2D eigenvalue weighted by molar-refractivity contribution is -0.0781. The normalized spacial score (nSPS) is 22.3. The van der Waals surface area contributed by atoms with Gasteiger partial charge < -0.3 is 24.4 Å². The van der Waals surface area contributed by atoms with Crippen LogP contribution in [-0.4, -0.2) is 96.3 Å². The van der Waals surface area contributed by atoms with Crippen molar-refractivity contribution in [1.29, 1.82) is 0 Å². The van der Waals surface area contributed by atoms with Crippen LogP contribution in [0.15, 0.2) is 24.4 Å². The molecular formula is C36H45N7O3. The van der Waals surface area contributed by atoms with Crippen LogP contribution in [0.4, 0.5) is 5.82 Å². The fourth-order valence-corrected chi connectivity index (χ4v) is 8.20. The highest BCUT2D eigenvalue weighted by Crippen LogP contribution is 2.53. The smallest absolute Gasteiger partial charge is 0.319 e. The first-order valence-corrected chi connectivity index (χ1v) is 17.5. The Labute approximate surface area is 270 Å². The molecule has 0 unspecified atom stereocenters. The summed E-state index contributed by atoms with van der Waals surface area (Å²) in [5, 5.41) is 13.3. The maximum atomic E-state index is 6.71. The molecule has 5 fully saturated rings. The number of anilines is 1. The average molecular weight is 624 g/mol.